The summed E-state index contributed by atoms with van der Waals surface area (Å²) in [5.41, 5.74) is -0.967. The lowest BCUT2D eigenvalue weighted by Gasteiger charge is -2.29. The van der Waals surface area contributed by atoms with Crippen molar-refractivity contribution in [1.29, 1.82) is 0 Å². The first-order chi connectivity index (χ1) is 10.9. The van der Waals surface area contributed by atoms with Crippen LogP contribution in [0.5, 0.6) is 0 Å². The first-order valence-corrected chi connectivity index (χ1v) is 7.47. The number of amides is 1. The van der Waals surface area contributed by atoms with Gasteiger partial charge in [-0.05, 0) is 12.5 Å². The molecule has 0 spiro atoms. The van der Waals surface area contributed by atoms with E-state index < -0.39 is 11.9 Å². The maximum Gasteiger partial charge on any atom is 0.433 e. The number of halogens is 3. The fourth-order valence-corrected chi connectivity index (χ4v) is 2.84. The summed E-state index contributed by atoms with van der Waals surface area (Å²) in [7, 11) is 0. The second-order valence-electron chi connectivity index (χ2n) is 5.61. The Kier molecular flexibility index (Phi) is 4.38. The van der Waals surface area contributed by atoms with Crippen molar-refractivity contribution >= 4 is 11.9 Å². The molecule has 3 heterocycles. The minimum Gasteiger partial charge on any atom is -0.378 e. The lowest BCUT2D eigenvalue weighted by Crippen LogP contribution is -2.44. The third-order valence-electron chi connectivity index (χ3n) is 4.08. The molecule has 1 aromatic rings. The van der Waals surface area contributed by atoms with Crippen molar-refractivity contribution in [2.75, 3.05) is 44.3 Å². The molecule has 1 unspecified atom stereocenters. The third-order valence-corrected chi connectivity index (χ3v) is 4.08. The number of nitrogens with zero attached hydrogens (tertiary/aromatic N) is 4. The van der Waals surface area contributed by atoms with Gasteiger partial charge >= 0.3 is 6.18 Å². The van der Waals surface area contributed by atoms with Gasteiger partial charge in [0.25, 0.3) is 0 Å². The van der Waals surface area contributed by atoms with E-state index in [1.807, 2.05) is 0 Å². The van der Waals surface area contributed by atoms with Gasteiger partial charge in [-0.15, -0.1) is 0 Å². The van der Waals surface area contributed by atoms with Crippen LogP contribution in [0.1, 0.15) is 12.1 Å². The lowest BCUT2D eigenvalue weighted by atomic mass is 10.1. The Labute approximate surface area is 131 Å². The summed E-state index contributed by atoms with van der Waals surface area (Å²) in [6, 6.07) is 0.843. The second-order valence-corrected chi connectivity index (χ2v) is 5.61. The number of hydrogen-bond acceptors (Lipinski definition) is 5. The Balaban J connectivity index is 1.66. The Bertz CT molecular complexity index is 575. The highest BCUT2D eigenvalue weighted by molar-refractivity contribution is 5.80. The number of ether oxygens (including phenoxy) is 1. The van der Waals surface area contributed by atoms with Crippen LogP contribution in [-0.2, 0) is 15.7 Å². The van der Waals surface area contributed by atoms with Gasteiger partial charge in [0.2, 0.25) is 11.9 Å². The van der Waals surface area contributed by atoms with Crippen LogP contribution in [-0.4, -0.2) is 60.2 Å². The minimum absolute atomic E-state index is 0.0251. The number of rotatable bonds is 2. The average molecular weight is 330 g/mol. The third kappa shape index (κ3) is 3.54. The van der Waals surface area contributed by atoms with Crippen molar-refractivity contribution in [2.45, 2.75) is 12.6 Å². The summed E-state index contributed by atoms with van der Waals surface area (Å²) in [5, 5.41) is 0. The molecule has 0 aromatic carbocycles. The number of carbonyl (C=O) groups is 1. The summed E-state index contributed by atoms with van der Waals surface area (Å²) in [5.74, 6) is -0.175. The van der Waals surface area contributed by atoms with Crippen LogP contribution in [0.3, 0.4) is 0 Å². The molecule has 0 bridgehead atoms. The summed E-state index contributed by atoms with van der Waals surface area (Å²) in [6.45, 7) is 3.00. The normalized spacial score (nSPS) is 22.5. The molecule has 3 rings (SSSR count). The molecule has 0 radical (unpaired) electrons. The van der Waals surface area contributed by atoms with E-state index in [4.69, 9.17) is 4.74 Å². The van der Waals surface area contributed by atoms with Crippen LogP contribution >= 0.6 is 0 Å². The molecular weight excluding hydrogens is 313 g/mol. The first-order valence-electron chi connectivity index (χ1n) is 7.47. The van der Waals surface area contributed by atoms with E-state index in [1.165, 1.54) is 0 Å². The first kappa shape index (κ1) is 16.0. The fourth-order valence-electron chi connectivity index (χ4n) is 2.84. The molecule has 1 aromatic heterocycles. The zero-order chi connectivity index (χ0) is 16.4. The number of carbonyl (C=O) groups excluding carboxylic acids is 1. The molecule has 0 saturated carbocycles. The summed E-state index contributed by atoms with van der Waals surface area (Å²) >= 11 is 0. The summed E-state index contributed by atoms with van der Waals surface area (Å²) < 4.78 is 43.4. The van der Waals surface area contributed by atoms with Crippen LogP contribution < -0.4 is 4.90 Å². The Hall–Kier alpha value is -1.90. The quantitative estimate of drug-likeness (QED) is 0.815. The molecule has 2 aliphatic heterocycles. The van der Waals surface area contributed by atoms with Gasteiger partial charge in [0, 0.05) is 32.4 Å². The molecule has 23 heavy (non-hydrogen) atoms. The van der Waals surface area contributed by atoms with Crippen molar-refractivity contribution < 1.29 is 22.7 Å². The van der Waals surface area contributed by atoms with Crippen LogP contribution in [0, 0.1) is 5.92 Å². The molecular formula is C14H17F3N4O2. The van der Waals surface area contributed by atoms with E-state index in [0.717, 1.165) is 12.3 Å². The molecule has 126 valence electrons. The van der Waals surface area contributed by atoms with Gasteiger partial charge in [0.05, 0.1) is 19.1 Å². The fraction of sp³-hybridized carbons (Fsp3) is 0.643. The van der Waals surface area contributed by atoms with Gasteiger partial charge in [-0.1, -0.05) is 0 Å². The molecule has 2 aliphatic rings. The molecule has 0 N–H and O–H groups in total. The van der Waals surface area contributed by atoms with Gasteiger partial charge in [-0.25, -0.2) is 9.97 Å². The smallest absolute Gasteiger partial charge is 0.378 e. The van der Waals surface area contributed by atoms with Crippen LogP contribution in [0.25, 0.3) is 0 Å². The highest BCUT2D eigenvalue weighted by Crippen LogP contribution is 2.29. The zero-order valence-electron chi connectivity index (χ0n) is 12.4. The highest BCUT2D eigenvalue weighted by atomic mass is 19.4. The van der Waals surface area contributed by atoms with Gasteiger partial charge in [0.15, 0.2) is 0 Å². The van der Waals surface area contributed by atoms with Crippen LogP contribution in [0.15, 0.2) is 12.3 Å². The van der Waals surface area contributed by atoms with Crippen molar-refractivity contribution in [3.05, 3.63) is 18.0 Å². The maximum absolute atomic E-state index is 12.7. The standard InChI is InChI=1S/C14H17F3N4O2/c15-14(16,17)11-1-3-18-13(19-11)21-4-2-10(9-21)12(22)20-5-7-23-8-6-20/h1,3,10H,2,4-9H2. The van der Waals surface area contributed by atoms with E-state index in [9.17, 15) is 18.0 Å². The molecule has 9 heteroatoms. The molecule has 1 atom stereocenters. The second kappa shape index (κ2) is 6.31. The van der Waals surface area contributed by atoms with Gasteiger partial charge < -0.3 is 14.5 Å². The SMILES string of the molecule is O=C(C1CCN(c2nccc(C(F)(F)F)n2)C1)N1CCOCC1. The number of anilines is 1. The monoisotopic (exact) mass is 330 g/mol. The van der Waals surface area contributed by atoms with E-state index in [2.05, 4.69) is 9.97 Å². The van der Waals surface area contributed by atoms with Gasteiger partial charge in [-0.3, -0.25) is 4.79 Å². The molecule has 6 nitrogen and oxygen atoms in total. The van der Waals surface area contributed by atoms with Crippen molar-refractivity contribution in [3.63, 3.8) is 0 Å². The Morgan fingerprint density at radius 2 is 2.00 bits per heavy atom. The topological polar surface area (TPSA) is 58.6 Å². The lowest BCUT2D eigenvalue weighted by molar-refractivity contribution is -0.141. The van der Waals surface area contributed by atoms with E-state index in [1.54, 1.807) is 9.80 Å². The molecule has 1 amide bonds. The summed E-state index contributed by atoms with van der Waals surface area (Å²) in [6.07, 6.45) is -2.81. The Morgan fingerprint density at radius 1 is 1.26 bits per heavy atom. The van der Waals surface area contributed by atoms with Gasteiger partial charge in [-0.2, -0.15) is 13.2 Å². The Morgan fingerprint density at radius 3 is 2.70 bits per heavy atom. The van der Waals surface area contributed by atoms with Crippen molar-refractivity contribution in [3.8, 4) is 0 Å². The maximum atomic E-state index is 12.7. The van der Waals surface area contributed by atoms with Gasteiger partial charge in [0.1, 0.15) is 5.69 Å². The van der Waals surface area contributed by atoms with E-state index in [-0.39, 0.29) is 17.8 Å². The summed E-state index contributed by atoms with van der Waals surface area (Å²) in [4.78, 5) is 23.3. The number of alkyl halides is 3. The predicted molar refractivity (Wildman–Crippen MR) is 74.8 cm³/mol. The molecule has 2 fully saturated rings. The zero-order valence-corrected chi connectivity index (χ0v) is 12.4. The van der Waals surface area contributed by atoms with Crippen LogP contribution in [0.4, 0.5) is 19.1 Å². The minimum atomic E-state index is -4.50. The molecule has 2 saturated heterocycles. The highest BCUT2D eigenvalue weighted by Gasteiger charge is 2.36. The number of hydrogen-bond donors (Lipinski definition) is 0. The largest absolute Gasteiger partial charge is 0.433 e. The van der Waals surface area contributed by atoms with E-state index in [0.29, 0.717) is 45.8 Å². The van der Waals surface area contributed by atoms with Crippen LogP contribution in [0.2, 0.25) is 0 Å². The van der Waals surface area contributed by atoms with E-state index >= 15 is 0 Å². The predicted octanol–water partition coefficient (Wildman–Crippen LogP) is 1.18. The number of aromatic nitrogens is 2. The molecule has 0 aliphatic carbocycles. The average Bonchev–Trinajstić information content (AvgIpc) is 3.04. The van der Waals surface area contributed by atoms with Crippen molar-refractivity contribution in [2.24, 2.45) is 5.92 Å². The number of morpholine rings is 1. The van der Waals surface area contributed by atoms with Crippen molar-refractivity contribution in [1.82, 2.24) is 14.9 Å².